The Bertz CT molecular complexity index is 1200. The van der Waals surface area contributed by atoms with E-state index in [0.29, 0.717) is 24.3 Å². The minimum Gasteiger partial charge on any atom is -0.493 e. The molecular weight excluding hydrogens is 506 g/mol. The number of nitrogens with zero attached hydrogens (tertiary/aromatic N) is 4. The van der Waals surface area contributed by atoms with Crippen molar-refractivity contribution in [3.63, 3.8) is 0 Å². The van der Waals surface area contributed by atoms with Crippen molar-refractivity contribution in [2.45, 2.75) is 85.2 Å². The van der Waals surface area contributed by atoms with Gasteiger partial charge in [0.15, 0.2) is 0 Å². The molecule has 0 radical (unpaired) electrons. The standard InChI is InChI=1S/C30H45N7O3/c1-6-10-16-32-22(8-3)19-37(20-23(9-4)33-17-11-7-2)30(40)24-14-12-13-15-26(24)35-36-27-21(5)25(18-31)28(38)34-29(27)39/h12-15,22-23,32-33H,6-11,16-17,19-20H2,1-5H3,(H2,34,38,39)/b36-35+. The maximum Gasteiger partial charge on any atom is 0.269 e. The molecule has 2 atom stereocenters. The van der Waals surface area contributed by atoms with E-state index in [1.54, 1.807) is 24.3 Å². The number of amides is 1. The van der Waals surface area contributed by atoms with Gasteiger partial charge in [-0.3, -0.25) is 14.6 Å². The Hall–Kier alpha value is -3.55. The highest BCUT2D eigenvalue weighted by Crippen LogP contribution is 2.31. The van der Waals surface area contributed by atoms with Gasteiger partial charge in [0.1, 0.15) is 17.3 Å². The van der Waals surface area contributed by atoms with E-state index in [4.69, 9.17) is 0 Å². The number of nitriles is 1. The summed E-state index contributed by atoms with van der Waals surface area (Å²) in [5.41, 5.74) is 0.0712. The third-order valence-corrected chi connectivity index (χ3v) is 7.00. The zero-order valence-corrected chi connectivity index (χ0v) is 24.6. The summed E-state index contributed by atoms with van der Waals surface area (Å²) < 4.78 is 0. The molecule has 1 aromatic carbocycles. The van der Waals surface area contributed by atoms with Crippen LogP contribution in [-0.4, -0.2) is 59.2 Å². The van der Waals surface area contributed by atoms with Crippen LogP contribution >= 0.6 is 0 Å². The first kappa shape index (κ1) is 32.7. The summed E-state index contributed by atoms with van der Waals surface area (Å²) in [5, 5.41) is 35.2. The van der Waals surface area contributed by atoms with Crippen LogP contribution in [0.5, 0.6) is 5.88 Å². The predicted molar refractivity (Wildman–Crippen MR) is 159 cm³/mol. The van der Waals surface area contributed by atoms with Gasteiger partial charge >= 0.3 is 0 Å². The third-order valence-electron chi connectivity index (χ3n) is 7.00. The number of aromatic amines is 1. The lowest BCUT2D eigenvalue weighted by Crippen LogP contribution is -2.49. The first-order valence-electron chi connectivity index (χ1n) is 14.4. The number of benzene rings is 1. The molecule has 218 valence electrons. The van der Waals surface area contributed by atoms with Gasteiger partial charge in [-0.25, -0.2) is 0 Å². The Morgan fingerprint density at radius 2 is 1.60 bits per heavy atom. The van der Waals surface area contributed by atoms with E-state index in [2.05, 4.69) is 53.5 Å². The quantitative estimate of drug-likeness (QED) is 0.152. The summed E-state index contributed by atoms with van der Waals surface area (Å²) in [6.45, 7) is 13.0. The second-order valence-corrected chi connectivity index (χ2v) is 10.0. The molecule has 10 nitrogen and oxygen atoms in total. The van der Waals surface area contributed by atoms with Crippen molar-refractivity contribution in [2.75, 3.05) is 26.2 Å². The number of unbranched alkanes of at least 4 members (excludes halogenated alkanes) is 2. The van der Waals surface area contributed by atoms with Crippen LogP contribution < -0.4 is 16.2 Å². The minimum atomic E-state index is -0.696. The molecular formula is C30H45N7O3. The van der Waals surface area contributed by atoms with E-state index in [9.17, 15) is 20.0 Å². The average Bonchev–Trinajstić information content (AvgIpc) is 2.95. The highest BCUT2D eigenvalue weighted by atomic mass is 16.3. The second kappa shape index (κ2) is 17.2. The lowest BCUT2D eigenvalue weighted by molar-refractivity contribution is 0.0718. The highest BCUT2D eigenvalue weighted by molar-refractivity contribution is 5.99. The SMILES string of the molecule is CCCCNC(CC)CN(CC(CC)NCCCC)C(=O)c1ccccc1/N=N/c1c(O)[nH]c(=O)c(C#N)c1C. The number of aromatic hydroxyl groups is 1. The Balaban J connectivity index is 2.42. The monoisotopic (exact) mass is 551 g/mol. The van der Waals surface area contributed by atoms with Crippen molar-refractivity contribution in [3.05, 3.63) is 51.3 Å². The summed E-state index contributed by atoms with van der Waals surface area (Å²) in [4.78, 5) is 30.1. The molecule has 40 heavy (non-hydrogen) atoms. The fourth-order valence-corrected chi connectivity index (χ4v) is 4.38. The largest absolute Gasteiger partial charge is 0.493 e. The van der Waals surface area contributed by atoms with Gasteiger partial charge in [0, 0.05) is 30.7 Å². The maximum absolute atomic E-state index is 14.0. The van der Waals surface area contributed by atoms with Crippen molar-refractivity contribution in [2.24, 2.45) is 10.2 Å². The molecule has 2 unspecified atom stereocenters. The Kier molecular flexibility index (Phi) is 14.0. The van der Waals surface area contributed by atoms with Crippen molar-refractivity contribution in [3.8, 4) is 11.9 Å². The molecule has 0 aliphatic carbocycles. The first-order valence-corrected chi connectivity index (χ1v) is 14.4. The zero-order valence-electron chi connectivity index (χ0n) is 24.6. The van der Waals surface area contributed by atoms with Gasteiger partial charge in [-0.15, -0.1) is 10.2 Å². The van der Waals surface area contributed by atoms with Gasteiger partial charge < -0.3 is 20.6 Å². The Morgan fingerprint density at radius 1 is 1.02 bits per heavy atom. The van der Waals surface area contributed by atoms with Crippen LogP contribution in [0.4, 0.5) is 11.4 Å². The topological polar surface area (TPSA) is 146 Å². The molecule has 1 amide bonds. The number of hydrogen-bond donors (Lipinski definition) is 4. The van der Waals surface area contributed by atoms with Gasteiger partial charge in [-0.2, -0.15) is 5.26 Å². The molecule has 0 aliphatic rings. The van der Waals surface area contributed by atoms with Crippen LogP contribution in [0.2, 0.25) is 0 Å². The molecule has 10 heteroatoms. The van der Waals surface area contributed by atoms with E-state index in [1.165, 1.54) is 6.92 Å². The molecule has 0 fully saturated rings. The van der Waals surface area contributed by atoms with Gasteiger partial charge in [-0.1, -0.05) is 52.7 Å². The molecule has 0 saturated heterocycles. The van der Waals surface area contributed by atoms with E-state index in [-0.39, 0.29) is 34.8 Å². The third kappa shape index (κ3) is 9.28. The number of carbonyl (C=O) groups excluding carboxylic acids is 1. The summed E-state index contributed by atoms with van der Waals surface area (Å²) in [5.74, 6) is -0.635. The summed E-state index contributed by atoms with van der Waals surface area (Å²) >= 11 is 0. The number of pyridine rings is 1. The van der Waals surface area contributed by atoms with Crippen LogP contribution in [0, 0.1) is 18.3 Å². The Morgan fingerprint density at radius 3 is 2.12 bits per heavy atom. The van der Waals surface area contributed by atoms with Crippen molar-refractivity contribution in [1.82, 2.24) is 20.5 Å². The van der Waals surface area contributed by atoms with Crippen LogP contribution in [-0.2, 0) is 0 Å². The molecule has 2 aromatic rings. The number of H-pyrrole nitrogens is 1. The van der Waals surface area contributed by atoms with E-state index >= 15 is 0 Å². The fraction of sp³-hybridized carbons (Fsp3) is 0.567. The minimum absolute atomic E-state index is 0.0207. The predicted octanol–water partition coefficient (Wildman–Crippen LogP) is 5.45. The number of nitrogens with one attached hydrogen (secondary N) is 3. The molecule has 2 rings (SSSR count). The molecule has 1 heterocycles. The normalized spacial score (nSPS) is 12.8. The van der Waals surface area contributed by atoms with Crippen molar-refractivity contribution in [1.29, 1.82) is 5.26 Å². The van der Waals surface area contributed by atoms with Crippen LogP contribution in [0.25, 0.3) is 0 Å². The number of rotatable bonds is 17. The van der Waals surface area contributed by atoms with Crippen molar-refractivity contribution < 1.29 is 9.90 Å². The lowest BCUT2D eigenvalue weighted by atomic mass is 10.1. The maximum atomic E-state index is 14.0. The van der Waals surface area contributed by atoms with Crippen LogP contribution in [0.3, 0.4) is 0 Å². The van der Waals surface area contributed by atoms with Gasteiger partial charge in [-0.05, 0) is 57.8 Å². The van der Waals surface area contributed by atoms with Gasteiger partial charge in [0.2, 0.25) is 5.88 Å². The van der Waals surface area contributed by atoms with Gasteiger partial charge in [0.05, 0.1) is 11.3 Å². The number of carbonyl (C=O) groups is 1. The first-order chi connectivity index (χ1) is 19.3. The molecule has 1 aromatic heterocycles. The van der Waals surface area contributed by atoms with E-state index < -0.39 is 11.4 Å². The lowest BCUT2D eigenvalue weighted by Gasteiger charge is -2.32. The highest BCUT2D eigenvalue weighted by Gasteiger charge is 2.24. The summed E-state index contributed by atoms with van der Waals surface area (Å²) in [6, 6.07) is 9.10. The Labute approximate surface area is 237 Å². The summed E-state index contributed by atoms with van der Waals surface area (Å²) in [7, 11) is 0. The smallest absolute Gasteiger partial charge is 0.269 e. The van der Waals surface area contributed by atoms with Crippen molar-refractivity contribution >= 4 is 17.3 Å². The molecule has 0 aliphatic heterocycles. The molecule has 0 bridgehead atoms. The zero-order chi connectivity index (χ0) is 29.5. The summed E-state index contributed by atoms with van der Waals surface area (Å²) in [6.07, 6.45) is 6.14. The van der Waals surface area contributed by atoms with E-state index in [0.717, 1.165) is 51.6 Å². The van der Waals surface area contributed by atoms with Crippen LogP contribution in [0.1, 0.15) is 87.7 Å². The number of aromatic nitrogens is 1. The molecule has 0 saturated carbocycles. The second-order valence-electron chi connectivity index (χ2n) is 10.0. The fourth-order valence-electron chi connectivity index (χ4n) is 4.38. The van der Waals surface area contributed by atoms with E-state index in [1.807, 2.05) is 11.0 Å². The number of azo groups is 1. The molecule has 0 spiro atoms. The number of hydrogen-bond acceptors (Lipinski definition) is 8. The average molecular weight is 552 g/mol. The van der Waals surface area contributed by atoms with Gasteiger partial charge in [0.25, 0.3) is 11.5 Å². The molecule has 4 N–H and O–H groups in total. The van der Waals surface area contributed by atoms with Crippen LogP contribution in [0.15, 0.2) is 39.3 Å².